The van der Waals surface area contributed by atoms with Crippen LogP contribution in [0.4, 0.5) is 0 Å². The first-order valence-electron chi connectivity index (χ1n) is 9.80. The van der Waals surface area contributed by atoms with Crippen LogP contribution in [0.3, 0.4) is 0 Å². The Labute approximate surface area is 171 Å². The first kappa shape index (κ1) is 21.2. The molecular weight excluding hydrogens is 370 g/mol. The summed E-state index contributed by atoms with van der Waals surface area (Å²) >= 11 is 0. The van der Waals surface area contributed by atoms with E-state index in [0.29, 0.717) is 45.5 Å². The zero-order valence-electron chi connectivity index (χ0n) is 17.3. The number of rotatable bonds is 12. The Morgan fingerprint density at radius 3 is 2.59 bits per heavy atom. The van der Waals surface area contributed by atoms with E-state index in [1.165, 1.54) is 0 Å². The van der Waals surface area contributed by atoms with Crippen molar-refractivity contribution in [2.75, 3.05) is 33.0 Å². The zero-order chi connectivity index (χ0) is 20.5. The average molecular weight is 399 g/mol. The number of fused-ring (bicyclic) bond motifs is 1. The van der Waals surface area contributed by atoms with Crippen LogP contribution in [0.5, 0.6) is 5.88 Å². The fourth-order valence-electron chi connectivity index (χ4n) is 2.75. The molecule has 2 aromatic heterocycles. The van der Waals surface area contributed by atoms with Crippen LogP contribution in [0, 0.1) is 6.92 Å². The third kappa shape index (κ3) is 6.81. The SMILES string of the molecule is Cc1[nH]nc2cnc(OCC(C)(C)OCCOCCOCc3ccccc3)cc12. The predicted octanol–water partition coefficient (Wildman–Crippen LogP) is 3.67. The van der Waals surface area contributed by atoms with Gasteiger partial charge in [-0.2, -0.15) is 5.10 Å². The minimum Gasteiger partial charge on any atom is -0.475 e. The van der Waals surface area contributed by atoms with Gasteiger partial charge in [0.15, 0.2) is 0 Å². The molecule has 29 heavy (non-hydrogen) atoms. The molecule has 156 valence electrons. The maximum Gasteiger partial charge on any atom is 0.214 e. The van der Waals surface area contributed by atoms with Crippen molar-refractivity contribution in [1.29, 1.82) is 0 Å². The Hall–Kier alpha value is -2.48. The number of aromatic amines is 1. The fraction of sp³-hybridized carbons (Fsp3) is 0.455. The third-order valence-corrected chi connectivity index (χ3v) is 4.38. The van der Waals surface area contributed by atoms with Crippen molar-refractivity contribution in [3.05, 3.63) is 53.9 Å². The van der Waals surface area contributed by atoms with E-state index in [1.54, 1.807) is 6.20 Å². The van der Waals surface area contributed by atoms with E-state index in [9.17, 15) is 0 Å². The molecule has 0 radical (unpaired) electrons. The Balaban J connectivity index is 1.28. The summed E-state index contributed by atoms with van der Waals surface area (Å²) in [5.74, 6) is 0.561. The average Bonchev–Trinajstić information content (AvgIpc) is 3.09. The van der Waals surface area contributed by atoms with Crippen LogP contribution < -0.4 is 4.74 Å². The summed E-state index contributed by atoms with van der Waals surface area (Å²) in [7, 11) is 0. The summed E-state index contributed by atoms with van der Waals surface area (Å²) in [5, 5.41) is 8.12. The normalized spacial score (nSPS) is 11.8. The second-order valence-corrected chi connectivity index (χ2v) is 7.44. The molecule has 0 saturated heterocycles. The lowest BCUT2D eigenvalue weighted by molar-refractivity contribution is -0.0722. The van der Waals surface area contributed by atoms with Gasteiger partial charge in [-0.1, -0.05) is 30.3 Å². The number of aromatic nitrogens is 3. The van der Waals surface area contributed by atoms with Crippen molar-refractivity contribution in [3.63, 3.8) is 0 Å². The van der Waals surface area contributed by atoms with Crippen LogP contribution in [0.25, 0.3) is 10.9 Å². The molecule has 1 N–H and O–H groups in total. The summed E-state index contributed by atoms with van der Waals surface area (Å²) in [4.78, 5) is 4.28. The topological polar surface area (TPSA) is 78.5 Å². The molecule has 0 saturated carbocycles. The lowest BCUT2D eigenvalue weighted by Gasteiger charge is -2.25. The number of hydrogen-bond donors (Lipinski definition) is 1. The molecule has 3 rings (SSSR count). The highest BCUT2D eigenvalue weighted by Gasteiger charge is 2.20. The van der Waals surface area contributed by atoms with E-state index in [2.05, 4.69) is 15.2 Å². The molecule has 0 unspecified atom stereocenters. The molecule has 0 bridgehead atoms. The first-order valence-corrected chi connectivity index (χ1v) is 9.80. The maximum atomic E-state index is 5.89. The lowest BCUT2D eigenvalue weighted by Crippen LogP contribution is -2.33. The standard InChI is InChI=1S/C22H29N3O4/c1-17-19-13-21(23-14-20(19)25-24-17)28-16-22(2,3)29-12-11-26-9-10-27-15-18-7-5-4-6-8-18/h4-8,13-14H,9-12,15-16H2,1-3H3,(H,24,25). The number of benzene rings is 1. The predicted molar refractivity (Wildman–Crippen MR) is 111 cm³/mol. The van der Waals surface area contributed by atoms with E-state index < -0.39 is 5.60 Å². The zero-order valence-corrected chi connectivity index (χ0v) is 17.3. The molecule has 2 heterocycles. The molecule has 7 heteroatoms. The van der Waals surface area contributed by atoms with Crippen LogP contribution in [0.15, 0.2) is 42.6 Å². The summed E-state index contributed by atoms with van der Waals surface area (Å²) in [6.45, 7) is 9.03. The number of H-pyrrole nitrogens is 1. The van der Waals surface area contributed by atoms with E-state index >= 15 is 0 Å². The minimum absolute atomic E-state index is 0.391. The number of aryl methyl sites for hydroxylation is 1. The molecule has 0 atom stereocenters. The largest absolute Gasteiger partial charge is 0.475 e. The monoisotopic (exact) mass is 399 g/mol. The number of pyridine rings is 1. The first-order chi connectivity index (χ1) is 14.0. The summed E-state index contributed by atoms with van der Waals surface area (Å²) in [6.07, 6.45) is 1.70. The van der Waals surface area contributed by atoms with Crippen molar-refractivity contribution in [3.8, 4) is 5.88 Å². The second-order valence-electron chi connectivity index (χ2n) is 7.44. The molecule has 0 fully saturated rings. The summed E-state index contributed by atoms with van der Waals surface area (Å²) in [6, 6.07) is 12.0. The Morgan fingerprint density at radius 2 is 1.76 bits per heavy atom. The van der Waals surface area contributed by atoms with Crippen molar-refractivity contribution in [2.45, 2.75) is 33.0 Å². The Morgan fingerprint density at radius 1 is 1.00 bits per heavy atom. The molecule has 0 aliphatic carbocycles. The highest BCUT2D eigenvalue weighted by molar-refractivity contribution is 5.81. The van der Waals surface area contributed by atoms with E-state index in [4.69, 9.17) is 18.9 Å². The molecule has 0 aliphatic rings. The van der Waals surface area contributed by atoms with Gasteiger partial charge in [0.25, 0.3) is 0 Å². The maximum absolute atomic E-state index is 5.89. The highest BCUT2D eigenvalue weighted by atomic mass is 16.6. The van der Waals surface area contributed by atoms with Gasteiger partial charge in [-0.3, -0.25) is 5.10 Å². The summed E-state index contributed by atoms with van der Waals surface area (Å²) < 4.78 is 22.9. The van der Waals surface area contributed by atoms with Crippen LogP contribution >= 0.6 is 0 Å². The highest BCUT2D eigenvalue weighted by Crippen LogP contribution is 2.20. The van der Waals surface area contributed by atoms with Gasteiger partial charge in [0.1, 0.15) is 12.1 Å². The lowest BCUT2D eigenvalue weighted by atomic mass is 10.1. The van der Waals surface area contributed by atoms with Gasteiger partial charge in [-0.05, 0) is 26.3 Å². The second kappa shape index (κ2) is 10.3. The van der Waals surface area contributed by atoms with Crippen molar-refractivity contribution < 1.29 is 18.9 Å². The van der Waals surface area contributed by atoms with Gasteiger partial charge >= 0.3 is 0 Å². The van der Waals surface area contributed by atoms with Crippen LogP contribution in [0.1, 0.15) is 25.1 Å². The van der Waals surface area contributed by atoms with E-state index in [1.807, 2.05) is 57.2 Å². The molecule has 7 nitrogen and oxygen atoms in total. The molecular formula is C22H29N3O4. The molecule has 1 aromatic carbocycles. The molecule has 3 aromatic rings. The van der Waals surface area contributed by atoms with E-state index in [-0.39, 0.29) is 0 Å². The van der Waals surface area contributed by atoms with Gasteiger partial charge in [0.2, 0.25) is 5.88 Å². The third-order valence-electron chi connectivity index (χ3n) is 4.38. The van der Waals surface area contributed by atoms with Gasteiger partial charge in [0, 0.05) is 17.1 Å². The number of nitrogens with one attached hydrogen (secondary N) is 1. The Bertz CT molecular complexity index is 880. The van der Waals surface area contributed by atoms with Crippen molar-refractivity contribution >= 4 is 10.9 Å². The van der Waals surface area contributed by atoms with Crippen LogP contribution in [0.2, 0.25) is 0 Å². The number of nitrogens with zero attached hydrogens (tertiary/aromatic N) is 2. The molecule has 0 spiro atoms. The molecule has 0 aliphatic heterocycles. The molecule has 0 amide bonds. The van der Waals surface area contributed by atoms with Crippen molar-refractivity contribution in [1.82, 2.24) is 15.2 Å². The minimum atomic E-state index is -0.449. The quantitative estimate of drug-likeness (QED) is 0.468. The van der Waals surface area contributed by atoms with Gasteiger partial charge in [0.05, 0.1) is 44.8 Å². The van der Waals surface area contributed by atoms with Crippen LogP contribution in [-0.4, -0.2) is 53.8 Å². The summed E-state index contributed by atoms with van der Waals surface area (Å²) in [5.41, 5.74) is 2.53. The van der Waals surface area contributed by atoms with Gasteiger partial charge in [-0.15, -0.1) is 0 Å². The number of ether oxygens (including phenoxy) is 4. The number of hydrogen-bond acceptors (Lipinski definition) is 6. The van der Waals surface area contributed by atoms with Gasteiger partial charge < -0.3 is 18.9 Å². The smallest absolute Gasteiger partial charge is 0.214 e. The van der Waals surface area contributed by atoms with Gasteiger partial charge in [-0.25, -0.2) is 4.98 Å². The van der Waals surface area contributed by atoms with E-state index in [0.717, 1.165) is 22.2 Å². The fourth-order valence-corrected chi connectivity index (χ4v) is 2.75. The Kier molecular flexibility index (Phi) is 7.57. The van der Waals surface area contributed by atoms with Crippen LogP contribution in [-0.2, 0) is 20.8 Å². The van der Waals surface area contributed by atoms with Crippen molar-refractivity contribution in [2.24, 2.45) is 0 Å².